The molecule has 0 atom stereocenters. The molecule has 1 rings (SSSR count). The van der Waals surface area contributed by atoms with Gasteiger partial charge >= 0.3 is 6.03 Å². The highest BCUT2D eigenvalue weighted by atomic mass is 16.5. The van der Waals surface area contributed by atoms with E-state index in [1.54, 1.807) is 0 Å². The molecule has 1 aromatic carbocycles. The highest BCUT2D eigenvalue weighted by molar-refractivity contribution is 5.84. The van der Waals surface area contributed by atoms with Crippen molar-refractivity contribution in [2.45, 2.75) is 39.0 Å². The lowest BCUT2D eigenvalue weighted by Gasteiger charge is -2.08. The zero-order chi connectivity index (χ0) is 14.6. The molecule has 0 heterocycles. The quantitative estimate of drug-likeness (QED) is 0.413. The standard InChI is InChI=1S/C15H23N3O2/c1-2-3-4-5-8-11-20-14-10-7-6-9-13(14)12-17-18-15(16)19/h6-7,9-10,12H,2-5,8,11H2,1H3,(H3,16,18,19)/b17-12-. The molecule has 0 saturated heterocycles. The zero-order valence-corrected chi connectivity index (χ0v) is 12.0. The Morgan fingerprint density at radius 1 is 1.30 bits per heavy atom. The average Bonchev–Trinajstić information content (AvgIpc) is 2.44. The molecule has 0 aliphatic heterocycles. The van der Waals surface area contributed by atoms with E-state index in [0.29, 0.717) is 6.61 Å². The minimum atomic E-state index is -0.685. The van der Waals surface area contributed by atoms with Crippen LogP contribution in [0.1, 0.15) is 44.6 Å². The second kappa shape index (κ2) is 9.83. The number of benzene rings is 1. The van der Waals surface area contributed by atoms with Crippen molar-refractivity contribution in [2.75, 3.05) is 6.61 Å². The molecule has 2 amide bonds. The Balaban J connectivity index is 2.41. The van der Waals surface area contributed by atoms with E-state index in [9.17, 15) is 4.79 Å². The number of para-hydroxylation sites is 1. The molecule has 110 valence electrons. The number of rotatable bonds is 9. The van der Waals surface area contributed by atoms with E-state index in [0.717, 1.165) is 17.7 Å². The monoisotopic (exact) mass is 277 g/mol. The maximum atomic E-state index is 10.5. The molecule has 0 aromatic heterocycles. The number of hydrogen-bond acceptors (Lipinski definition) is 3. The maximum Gasteiger partial charge on any atom is 0.332 e. The maximum absolute atomic E-state index is 10.5. The first-order chi connectivity index (χ1) is 9.74. The lowest BCUT2D eigenvalue weighted by molar-refractivity contribution is 0.249. The molecule has 0 aliphatic carbocycles. The first-order valence-electron chi connectivity index (χ1n) is 7.04. The lowest BCUT2D eigenvalue weighted by Crippen LogP contribution is -2.24. The fourth-order valence-corrected chi connectivity index (χ4v) is 1.77. The van der Waals surface area contributed by atoms with Crippen molar-refractivity contribution in [2.24, 2.45) is 10.8 Å². The summed E-state index contributed by atoms with van der Waals surface area (Å²) in [5, 5.41) is 3.74. The van der Waals surface area contributed by atoms with Crippen LogP contribution in [0, 0.1) is 0 Å². The number of nitrogens with zero attached hydrogens (tertiary/aromatic N) is 1. The fourth-order valence-electron chi connectivity index (χ4n) is 1.77. The summed E-state index contributed by atoms with van der Waals surface area (Å²) in [7, 11) is 0. The Kier molecular flexibility index (Phi) is 7.87. The van der Waals surface area contributed by atoms with Crippen LogP contribution in [0.5, 0.6) is 5.75 Å². The van der Waals surface area contributed by atoms with Crippen molar-refractivity contribution in [3.8, 4) is 5.75 Å². The van der Waals surface area contributed by atoms with Crippen molar-refractivity contribution in [3.63, 3.8) is 0 Å². The van der Waals surface area contributed by atoms with Gasteiger partial charge in [-0.05, 0) is 18.6 Å². The van der Waals surface area contributed by atoms with Crippen LogP contribution >= 0.6 is 0 Å². The van der Waals surface area contributed by atoms with Crippen LogP contribution in [0.3, 0.4) is 0 Å². The predicted molar refractivity (Wildman–Crippen MR) is 81.0 cm³/mol. The summed E-state index contributed by atoms with van der Waals surface area (Å²) < 4.78 is 5.74. The number of nitrogens with two attached hydrogens (primary N) is 1. The zero-order valence-electron chi connectivity index (χ0n) is 12.0. The molecular weight excluding hydrogens is 254 g/mol. The summed E-state index contributed by atoms with van der Waals surface area (Å²) in [6.07, 6.45) is 7.54. The summed E-state index contributed by atoms with van der Waals surface area (Å²) >= 11 is 0. The molecule has 0 aliphatic rings. The van der Waals surface area contributed by atoms with Gasteiger partial charge in [-0.25, -0.2) is 10.2 Å². The first kappa shape index (κ1) is 16.0. The highest BCUT2D eigenvalue weighted by Crippen LogP contribution is 2.16. The topological polar surface area (TPSA) is 76.7 Å². The third kappa shape index (κ3) is 6.78. The van der Waals surface area contributed by atoms with Gasteiger partial charge in [-0.1, -0.05) is 44.7 Å². The fraction of sp³-hybridized carbons (Fsp3) is 0.467. The van der Waals surface area contributed by atoms with Crippen molar-refractivity contribution in [1.29, 1.82) is 0 Å². The highest BCUT2D eigenvalue weighted by Gasteiger charge is 2.00. The van der Waals surface area contributed by atoms with Gasteiger partial charge in [0, 0.05) is 5.56 Å². The van der Waals surface area contributed by atoms with Crippen LogP contribution < -0.4 is 15.9 Å². The number of primary amides is 1. The second-order valence-corrected chi connectivity index (χ2v) is 4.53. The van der Waals surface area contributed by atoms with Crippen LogP contribution in [-0.4, -0.2) is 18.9 Å². The van der Waals surface area contributed by atoms with Crippen LogP contribution in [0.25, 0.3) is 0 Å². The minimum Gasteiger partial charge on any atom is -0.493 e. The van der Waals surface area contributed by atoms with E-state index >= 15 is 0 Å². The van der Waals surface area contributed by atoms with Crippen LogP contribution in [-0.2, 0) is 0 Å². The number of amides is 2. The lowest BCUT2D eigenvalue weighted by atomic mass is 10.2. The van der Waals surface area contributed by atoms with Gasteiger partial charge in [0.25, 0.3) is 0 Å². The molecular formula is C15H23N3O2. The van der Waals surface area contributed by atoms with E-state index in [1.807, 2.05) is 24.3 Å². The SMILES string of the molecule is CCCCCCCOc1ccccc1/C=N\NC(N)=O. The molecule has 0 saturated carbocycles. The summed E-state index contributed by atoms with van der Waals surface area (Å²) in [4.78, 5) is 10.5. The Hall–Kier alpha value is -2.04. The van der Waals surface area contributed by atoms with Crippen LogP contribution in [0.4, 0.5) is 4.79 Å². The van der Waals surface area contributed by atoms with Crippen LogP contribution in [0.15, 0.2) is 29.4 Å². The molecule has 0 unspecified atom stereocenters. The number of nitrogens with one attached hydrogen (secondary N) is 1. The molecule has 5 heteroatoms. The van der Waals surface area contributed by atoms with Gasteiger partial charge in [-0.15, -0.1) is 0 Å². The Labute approximate surface area is 120 Å². The van der Waals surface area contributed by atoms with Crippen molar-refractivity contribution in [3.05, 3.63) is 29.8 Å². The molecule has 0 radical (unpaired) electrons. The first-order valence-corrected chi connectivity index (χ1v) is 7.04. The second-order valence-electron chi connectivity index (χ2n) is 4.53. The Morgan fingerprint density at radius 2 is 2.05 bits per heavy atom. The number of hydrogen-bond donors (Lipinski definition) is 2. The van der Waals surface area contributed by atoms with Crippen molar-refractivity contribution < 1.29 is 9.53 Å². The van der Waals surface area contributed by atoms with Gasteiger partial charge in [0.2, 0.25) is 0 Å². The van der Waals surface area contributed by atoms with E-state index in [2.05, 4.69) is 17.5 Å². The smallest absolute Gasteiger partial charge is 0.332 e. The minimum absolute atomic E-state index is 0.685. The van der Waals surface area contributed by atoms with Crippen molar-refractivity contribution >= 4 is 12.2 Å². The third-order valence-electron chi connectivity index (χ3n) is 2.80. The normalized spacial score (nSPS) is 10.7. The van der Waals surface area contributed by atoms with E-state index < -0.39 is 6.03 Å². The van der Waals surface area contributed by atoms with Gasteiger partial charge in [0.1, 0.15) is 5.75 Å². The largest absolute Gasteiger partial charge is 0.493 e. The summed E-state index contributed by atoms with van der Waals surface area (Å²) in [6.45, 7) is 2.89. The van der Waals surface area contributed by atoms with Crippen LogP contribution in [0.2, 0.25) is 0 Å². The van der Waals surface area contributed by atoms with Gasteiger partial charge in [0.15, 0.2) is 0 Å². The summed E-state index contributed by atoms with van der Waals surface area (Å²) in [5.41, 5.74) is 7.92. The van der Waals surface area contributed by atoms with Gasteiger partial charge in [0.05, 0.1) is 12.8 Å². The molecule has 0 spiro atoms. The Morgan fingerprint density at radius 3 is 2.80 bits per heavy atom. The molecule has 20 heavy (non-hydrogen) atoms. The van der Waals surface area contributed by atoms with Gasteiger partial charge in [-0.2, -0.15) is 5.10 Å². The number of hydrazone groups is 1. The summed E-state index contributed by atoms with van der Waals surface area (Å²) in [5.74, 6) is 0.762. The number of unbranched alkanes of at least 4 members (excludes halogenated alkanes) is 4. The number of ether oxygens (including phenoxy) is 1. The number of carbonyl (C=O) groups is 1. The predicted octanol–water partition coefficient (Wildman–Crippen LogP) is 3.04. The van der Waals surface area contributed by atoms with Gasteiger partial charge < -0.3 is 10.5 Å². The average molecular weight is 277 g/mol. The van der Waals surface area contributed by atoms with E-state index in [1.165, 1.54) is 31.9 Å². The molecule has 3 N–H and O–H groups in total. The molecule has 0 bridgehead atoms. The summed E-state index contributed by atoms with van der Waals surface area (Å²) in [6, 6.07) is 6.87. The number of urea groups is 1. The number of carbonyl (C=O) groups excluding carboxylic acids is 1. The van der Waals surface area contributed by atoms with E-state index in [-0.39, 0.29) is 0 Å². The Bertz CT molecular complexity index is 433. The molecule has 5 nitrogen and oxygen atoms in total. The van der Waals surface area contributed by atoms with Crippen molar-refractivity contribution in [1.82, 2.24) is 5.43 Å². The molecule has 0 fully saturated rings. The third-order valence-corrected chi connectivity index (χ3v) is 2.80. The molecule has 1 aromatic rings. The van der Waals surface area contributed by atoms with Gasteiger partial charge in [-0.3, -0.25) is 0 Å². The van der Waals surface area contributed by atoms with E-state index in [4.69, 9.17) is 10.5 Å².